The van der Waals surface area contributed by atoms with E-state index in [1.807, 2.05) is 42.5 Å². The van der Waals surface area contributed by atoms with Crippen LogP contribution in [0.25, 0.3) is 22.2 Å². The SMILES string of the molecule is O=C(c1cc2ccccc2oc1=O)N1CCN(c2ccc(-c3ccc4c(c3)OCO4)nn2)CC1. The number of amides is 1. The molecule has 2 aliphatic rings. The maximum atomic E-state index is 13.0. The van der Waals surface area contributed by atoms with Crippen LogP contribution < -0.4 is 20.0 Å². The van der Waals surface area contributed by atoms with Gasteiger partial charge in [-0.2, -0.15) is 0 Å². The average molecular weight is 456 g/mol. The molecule has 0 aliphatic carbocycles. The van der Waals surface area contributed by atoms with Gasteiger partial charge in [-0.1, -0.05) is 18.2 Å². The third-order valence-electron chi connectivity index (χ3n) is 6.08. The van der Waals surface area contributed by atoms with Gasteiger partial charge < -0.3 is 23.7 Å². The Labute approximate surface area is 194 Å². The number of benzene rings is 2. The summed E-state index contributed by atoms with van der Waals surface area (Å²) >= 11 is 0. The minimum Gasteiger partial charge on any atom is -0.454 e. The number of piperazine rings is 1. The molecule has 1 amide bonds. The zero-order chi connectivity index (χ0) is 23.1. The number of ether oxygens (including phenoxy) is 2. The summed E-state index contributed by atoms with van der Waals surface area (Å²) < 4.78 is 16.1. The summed E-state index contributed by atoms with van der Waals surface area (Å²) in [6.45, 7) is 2.34. The first-order valence-corrected chi connectivity index (χ1v) is 11.0. The van der Waals surface area contributed by atoms with Gasteiger partial charge in [-0.15, -0.1) is 10.2 Å². The number of anilines is 1. The summed E-state index contributed by atoms with van der Waals surface area (Å²) in [4.78, 5) is 29.1. The highest BCUT2D eigenvalue weighted by molar-refractivity contribution is 5.96. The molecule has 0 N–H and O–H groups in total. The average Bonchev–Trinajstić information content (AvgIpc) is 3.36. The Morgan fingerprint density at radius 1 is 0.853 bits per heavy atom. The van der Waals surface area contributed by atoms with Crippen LogP contribution in [-0.2, 0) is 0 Å². The van der Waals surface area contributed by atoms with Crippen molar-refractivity contribution in [1.82, 2.24) is 15.1 Å². The zero-order valence-electron chi connectivity index (χ0n) is 18.1. The van der Waals surface area contributed by atoms with Crippen molar-refractivity contribution < 1.29 is 18.7 Å². The smallest absolute Gasteiger partial charge is 0.349 e. The van der Waals surface area contributed by atoms with Gasteiger partial charge in [-0.3, -0.25) is 4.79 Å². The van der Waals surface area contributed by atoms with Crippen molar-refractivity contribution in [2.24, 2.45) is 0 Å². The van der Waals surface area contributed by atoms with Crippen LogP contribution in [0.15, 0.2) is 69.9 Å². The van der Waals surface area contributed by atoms with E-state index in [4.69, 9.17) is 13.9 Å². The van der Waals surface area contributed by atoms with Gasteiger partial charge in [0.2, 0.25) is 6.79 Å². The maximum Gasteiger partial charge on any atom is 0.349 e. The van der Waals surface area contributed by atoms with Gasteiger partial charge in [-0.25, -0.2) is 4.79 Å². The molecule has 0 radical (unpaired) electrons. The Hall–Kier alpha value is -4.40. The molecule has 2 aromatic heterocycles. The highest BCUT2D eigenvalue weighted by Gasteiger charge is 2.26. The molecule has 2 aliphatic heterocycles. The summed E-state index contributed by atoms with van der Waals surface area (Å²) in [5, 5.41) is 9.48. The first kappa shape index (κ1) is 20.2. The van der Waals surface area contributed by atoms with Gasteiger partial charge in [0.15, 0.2) is 17.3 Å². The standard InChI is InChI=1S/C25H20N4O5/c30-24(18-13-17-3-1-2-4-20(17)34-25(18)31)29-11-9-28(10-12-29)23-8-6-19(26-27-23)16-5-7-21-22(14-16)33-15-32-21/h1-8,13-14H,9-12,15H2. The molecule has 9 heteroatoms. The van der Waals surface area contributed by atoms with Gasteiger partial charge in [0.25, 0.3) is 5.91 Å². The van der Waals surface area contributed by atoms with E-state index in [9.17, 15) is 9.59 Å². The van der Waals surface area contributed by atoms with E-state index in [-0.39, 0.29) is 18.3 Å². The van der Waals surface area contributed by atoms with Gasteiger partial charge in [0.1, 0.15) is 11.1 Å². The summed E-state index contributed by atoms with van der Waals surface area (Å²) in [7, 11) is 0. The fraction of sp³-hybridized carbons (Fsp3) is 0.200. The summed E-state index contributed by atoms with van der Waals surface area (Å²) in [6, 6.07) is 18.3. The van der Waals surface area contributed by atoms with E-state index in [0.717, 1.165) is 28.2 Å². The van der Waals surface area contributed by atoms with Crippen molar-refractivity contribution in [2.45, 2.75) is 0 Å². The van der Waals surface area contributed by atoms with E-state index < -0.39 is 5.63 Å². The van der Waals surface area contributed by atoms with Crippen LogP contribution in [0.1, 0.15) is 10.4 Å². The summed E-state index contributed by atoms with van der Waals surface area (Å²) in [5.74, 6) is 1.84. The maximum absolute atomic E-state index is 13.0. The van der Waals surface area contributed by atoms with E-state index >= 15 is 0 Å². The lowest BCUT2D eigenvalue weighted by Crippen LogP contribution is -2.49. The molecular formula is C25H20N4O5. The molecule has 0 atom stereocenters. The summed E-state index contributed by atoms with van der Waals surface area (Å²) in [5.41, 5.74) is 1.54. The number of hydrogen-bond donors (Lipinski definition) is 0. The largest absolute Gasteiger partial charge is 0.454 e. The van der Waals surface area contributed by atoms with Crippen molar-refractivity contribution in [3.63, 3.8) is 0 Å². The number of carbonyl (C=O) groups is 1. The van der Waals surface area contributed by atoms with Gasteiger partial charge in [0, 0.05) is 37.1 Å². The number of para-hydroxylation sites is 1. The molecule has 0 unspecified atom stereocenters. The zero-order valence-corrected chi connectivity index (χ0v) is 18.1. The predicted molar refractivity (Wildman–Crippen MR) is 124 cm³/mol. The molecule has 6 rings (SSSR count). The van der Waals surface area contributed by atoms with E-state index in [2.05, 4.69) is 15.1 Å². The minimum atomic E-state index is -0.615. The second-order valence-corrected chi connectivity index (χ2v) is 8.11. The quantitative estimate of drug-likeness (QED) is 0.434. The van der Waals surface area contributed by atoms with Crippen molar-refractivity contribution in [3.05, 3.63) is 76.6 Å². The highest BCUT2D eigenvalue weighted by Crippen LogP contribution is 2.35. The van der Waals surface area contributed by atoms with Crippen LogP contribution in [0.5, 0.6) is 11.5 Å². The third-order valence-corrected chi connectivity index (χ3v) is 6.08. The topological polar surface area (TPSA) is 98.0 Å². The lowest BCUT2D eigenvalue weighted by Gasteiger charge is -2.35. The van der Waals surface area contributed by atoms with E-state index in [0.29, 0.717) is 37.5 Å². The van der Waals surface area contributed by atoms with Crippen LogP contribution in [0.3, 0.4) is 0 Å². The molecule has 9 nitrogen and oxygen atoms in total. The van der Waals surface area contributed by atoms with Crippen LogP contribution in [-0.4, -0.2) is 54.0 Å². The molecule has 4 heterocycles. The van der Waals surface area contributed by atoms with E-state index in [1.165, 1.54) is 0 Å². The van der Waals surface area contributed by atoms with Crippen LogP contribution in [0.2, 0.25) is 0 Å². The molecule has 0 bridgehead atoms. The molecule has 34 heavy (non-hydrogen) atoms. The van der Waals surface area contributed by atoms with Crippen molar-refractivity contribution in [1.29, 1.82) is 0 Å². The Bertz CT molecular complexity index is 1440. The first-order valence-electron chi connectivity index (χ1n) is 11.0. The number of hydrogen-bond acceptors (Lipinski definition) is 8. The number of carbonyl (C=O) groups excluding carboxylic acids is 1. The number of aromatic nitrogens is 2. The number of fused-ring (bicyclic) bond motifs is 2. The fourth-order valence-corrected chi connectivity index (χ4v) is 4.22. The molecule has 0 spiro atoms. The van der Waals surface area contributed by atoms with Crippen LogP contribution >= 0.6 is 0 Å². The van der Waals surface area contributed by atoms with Gasteiger partial charge in [0.05, 0.1) is 5.69 Å². The number of nitrogens with zero attached hydrogens (tertiary/aromatic N) is 4. The molecule has 2 aromatic carbocycles. The normalized spacial score (nSPS) is 15.1. The van der Waals surface area contributed by atoms with Crippen molar-refractivity contribution in [3.8, 4) is 22.8 Å². The lowest BCUT2D eigenvalue weighted by atomic mass is 10.1. The Morgan fingerprint density at radius 3 is 2.50 bits per heavy atom. The minimum absolute atomic E-state index is 0.0556. The lowest BCUT2D eigenvalue weighted by molar-refractivity contribution is 0.0742. The Kier molecular flexibility index (Phi) is 4.87. The second-order valence-electron chi connectivity index (χ2n) is 8.11. The molecule has 1 fully saturated rings. The molecule has 0 saturated carbocycles. The Morgan fingerprint density at radius 2 is 1.68 bits per heavy atom. The Balaban J connectivity index is 1.14. The van der Waals surface area contributed by atoms with Crippen LogP contribution in [0.4, 0.5) is 5.82 Å². The van der Waals surface area contributed by atoms with Crippen molar-refractivity contribution >= 4 is 22.7 Å². The highest BCUT2D eigenvalue weighted by atomic mass is 16.7. The molecule has 4 aromatic rings. The second kappa shape index (κ2) is 8.18. The van der Waals surface area contributed by atoms with E-state index in [1.54, 1.807) is 23.1 Å². The molecular weight excluding hydrogens is 436 g/mol. The molecule has 1 saturated heterocycles. The van der Waals surface area contributed by atoms with Gasteiger partial charge >= 0.3 is 5.63 Å². The first-order chi connectivity index (χ1) is 16.7. The number of rotatable bonds is 3. The summed E-state index contributed by atoms with van der Waals surface area (Å²) in [6.07, 6.45) is 0. The monoisotopic (exact) mass is 456 g/mol. The molecule has 170 valence electrons. The predicted octanol–water partition coefficient (Wildman–Crippen LogP) is 2.94. The van der Waals surface area contributed by atoms with Gasteiger partial charge in [-0.05, 0) is 42.5 Å². The van der Waals surface area contributed by atoms with Crippen molar-refractivity contribution in [2.75, 3.05) is 37.9 Å². The fourth-order valence-electron chi connectivity index (χ4n) is 4.22. The third kappa shape index (κ3) is 3.61. The van der Waals surface area contributed by atoms with Crippen LogP contribution in [0, 0.1) is 0 Å².